The molecule has 0 amide bonds. The molecule has 9 aromatic carbocycles. The zero-order valence-electron chi connectivity index (χ0n) is 49.9. The Morgan fingerprint density at radius 3 is 0.974 bits per heavy atom. The normalized spacial score (nSPS) is 12.5. The van der Waals surface area contributed by atoms with E-state index in [4.69, 9.17) is 0 Å². The third-order valence-electron chi connectivity index (χ3n) is 18.5. The lowest BCUT2D eigenvalue weighted by atomic mass is 9.33. The highest BCUT2D eigenvalue weighted by atomic mass is 15.2. The van der Waals surface area contributed by atoms with Crippen LogP contribution in [0.2, 0.25) is 0 Å². The average molecular weight is 1020 g/mol. The Balaban J connectivity index is 1.20. The van der Waals surface area contributed by atoms with Crippen molar-refractivity contribution >= 4 is 91.3 Å². The van der Waals surface area contributed by atoms with Gasteiger partial charge < -0.3 is 19.6 Å². The number of aryl methyl sites for hydroxylation is 14. The summed E-state index contributed by atoms with van der Waals surface area (Å²) in [5, 5.41) is 0. The van der Waals surface area contributed by atoms with Crippen molar-refractivity contribution in [2.24, 2.45) is 0 Å². The molecule has 0 radical (unpaired) electrons. The fourth-order valence-corrected chi connectivity index (χ4v) is 12.7. The van der Waals surface area contributed by atoms with Crippen molar-refractivity contribution in [1.82, 2.24) is 0 Å². The van der Waals surface area contributed by atoms with Gasteiger partial charge in [0.2, 0.25) is 0 Å². The molecule has 2 heterocycles. The molecule has 0 aromatic heterocycles. The van der Waals surface area contributed by atoms with E-state index in [9.17, 15) is 0 Å². The second kappa shape index (κ2) is 19.3. The summed E-state index contributed by atoms with van der Waals surface area (Å²) >= 11 is 0. The van der Waals surface area contributed by atoms with Gasteiger partial charge in [0.05, 0.1) is 0 Å². The van der Waals surface area contributed by atoms with Gasteiger partial charge >= 0.3 is 0 Å². The lowest BCUT2D eigenvalue weighted by molar-refractivity contribution is 1.17. The SMILES string of the molecule is Cc1cc(N(c2cc(C)c(C)c(C)c2)c2cc(C)c(C)c(C)c2)cc(N(c2cc(C)c(C)c(C)c2)c2ccc3c(c2)N(c2cc(C)c(C)c(C)c2)c2cc(C)cc4c2B3c2cc(C)c(C)cc2N4c2cc(C)c(C)c(C)c2)c1. The van der Waals surface area contributed by atoms with Crippen LogP contribution in [0.5, 0.6) is 0 Å². The van der Waals surface area contributed by atoms with Gasteiger partial charge in [-0.05, 0) is 363 Å². The quantitative estimate of drug-likeness (QED) is 0.141. The maximum Gasteiger partial charge on any atom is 0.252 e. The van der Waals surface area contributed by atoms with Crippen molar-refractivity contribution in [3.63, 3.8) is 0 Å². The number of hydrogen-bond donors (Lipinski definition) is 0. The van der Waals surface area contributed by atoms with Crippen LogP contribution in [0.1, 0.15) is 106 Å². The van der Waals surface area contributed by atoms with E-state index in [1.165, 1.54) is 156 Å². The van der Waals surface area contributed by atoms with Crippen LogP contribution in [0.25, 0.3) is 0 Å². The first kappa shape index (κ1) is 52.3. The molecule has 2 aliphatic heterocycles. The van der Waals surface area contributed by atoms with Crippen LogP contribution in [-0.4, -0.2) is 6.71 Å². The lowest BCUT2D eigenvalue weighted by Crippen LogP contribution is -2.61. The van der Waals surface area contributed by atoms with Crippen LogP contribution >= 0.6 is 0 Å². The van der Waals surface area contributed by atoms with Crippen molar-refractivity contribution in [3.8, 4) is 0 Å². The van der Waals surface area contributed by atoms with E-state index in [0.717, 1.165) is 34.1 Å². The van der Waals surface area contributed by atoms with Crippen LogP contribution in [0.4, 0.5) is 68.2 Å². The molecule has 9 aromatic rings. The molecule has 2 aliphatic rings. The molecule has 4 nitrogen and oxygen atoms in total. The summed E-state index contributed by atoms with van der Waals surface area (Å²) in [6, 6.07) is 48.3. The minimum Gasteiger partial charge on any atom is -0.311 e. The van der Waals surface area contributed by atoms with Crippen LogP contribution in [-0.2, 0) is 0 Å². The van der Waals surface area contributed by atoms with E-state index in [0.29, 0.717) is 0 Å². The van der Waals surface area contributed by atoms with E-state index in [2.05, 4.69) is 272 Å². The third-order valence-corrected chi connectivity index (χ3v) is 18.5. The van der Waals surface area contributed by atoms with Crippen molar-refractivity contribution in [1.29, 1.82) is 0 Å². The standard InChI is InChI=1S/C73H77BN4/c1-40-22-60(38-61(23-40)76(63-28-46(7)55(16)47(8)29-63)64-30-48(9)56(17)49(10)31-64)75(62-26-44(5)54(15)45(6)27-62)59-20-21-67-70(39-59)78(66-34-52(13)58(19)53(14)35-66)72-25-41(2)24-71-73(72)74(67)68-36-42(3)43(4)37-69(68)77(71)65-32-50(11)57(18)51(12)33-65/h20-39H,1-19H3. The number of benzene rings is 9. The summed E-state index contributed by atoms with van der Waals surface area (Å²) in [7, 11) is 0. The van der Waals surface area contributed by atoms with Crippen LogP contribution in [0.3, 0.4) is 0 Å². The van der Waals surface area contributed by atoms with Gasteiger partial charge in [-0.3, -0.25) is 0 Å². The highest BCUT2D eigenvalue weighted by Gasteiger charge is 2.44. The van der Waals surface area contributed by atoms with Crippen LogP contribution < -0.4 is 36.0 Å². The molecule has 5 heteroatoms. The van der Waals surface area contributed by atoms with Gasteiger partial charge in [-0.25, -0.2) is 0 Å². The van der Waals surface area contributed by atoms with Crippen molar-refractivity contribution in [2.75, 3.05) is 19.6 Å². The fourth-order valence-electron chi connectivity index (χ4n) is 12.7. The van der Waals surface area contributed by atoms with Gasteiger partial charge in [0, 0.05) is 68.2 Å². The average Bonchev–Trinajstić information content (AvgIpc) is 3.58. The second-order valence-electron chi connectivity index (χ2n) is 23.8. The van der Waals surface area contributed by atoms with Crippen LogP contribution in [0, 0.1) is 132 Å². The van der Waals surface area contributed by atoms with E-state index in [1.807, 2.05) is 0 Å². The van der Waals surface area contributed by atoms with Crippen molar-refractivity contribution in [2.45, 2.75) is 132 Å². The van der Waals surface area contributed by atoms with Gasteiger partial charge in [-0.2, -0.15) is 0 Å². The number of nitrogens with zero attached hydrogens (tertiary/aromatic N) is 4. The topological polar surface area (TPSA) is 13.0 Å². The van der Waals surface area contributed by atoms with Gasteiger partial charge in [0.25, 0.3) is 6.71 Å². The highest BCUT2D eigenvalue weighted by molar-refractivity contribution is 7.00. The molecule has 11 rings (SSSR count). The molecule has 0 saturated heterocycles. The maximum absolute atomic E-state index is 2.60. The first-order valence-corrected chi connectivity index (χ1v) is 28.1. The third kappa shape index (κ3) is 8.62. The zero-order valence-corrected chi connectivity index (χ0v) is 49.9. The predicted octanol–water partition coefficient (Wildman–Crippen LogP) is 18.6. The van der Waals surface area contributed by atoms with Gasteiger partial charge in [0.1, 0.15) is 0 Å². The van der Waals surface area contributed by atoms with Gasteiger partial charge in [-0.1, -0.05) is 12.1 Å². The van der Waals surface area contributed by atoms with E-state index in [1.54, 1.807) is 0 Å². The minimum absolute atomic E-state index is 0.0129. The summed E-state index contributed by atoms with van der Waals surface area (Å²) < 4.78 is 0. The molecular weight excluding hydrogens is 944 g/mol. The van der Waals surface area contributed by atoms with Gasteiger partial charge in [0.15, 0.2) is 0 Å². The maximum atomic E-state index is 2.60. The summed E-state index contributed by atoms with van der Waals surface area (Å²) in [6.45, 7) is 42.9. The predicted molar refractivity (Wildman–Crippen MR) is 340 cm³/mol. The Bertz CT molecular complexity index is 3830. The van der Waals surface area contributed by atoms with Crippen molar-refractivity contribution in [3.05, 3.63) is 227 Å². The van der Waals surface area contributed by atoms with Gasteiger partial charge in [-0.15, -0.1) is 0 Å². The number of rotatable bonds is 8. The zero-order chi connectivity index (χ0) is 55.7. The molecule has 78 heavy (non-hydrogen) atoms. The molecule has 0 bridgehead atoms. The number of fused-ring (bicyclic) bond motifs is 4. The second-order valence-corrected chi connectivity index (χ2v) is 23.8. The molecule has 0 N–H and O–H groups in total. The van der Waals surface area contributed by atoms with E-state index < -0.39 is 0 Å². The monoisotopic (exact) mass is 1020 g/mol. The molecule has 0 spiro atoms. The smallest absolute Gasteiger partial charge is 0.252 e. The van der Waals surface area contributed by atoms with E-state index >= 15 is 0 Å². The minimum atomic E-state index is -0.0129. The first-order chi connectivity index (χ1) is 37.0. The summed E-state index contributed by atoms with van der Waals surface area (Å²) in [5.74, 6) is 0. The molecule has 0 aliphatic carbocycles. The Hall–Kier alpha value is -7.76. The first-order valence-electron chi connectivity index (χ1n) is 28.1. The molecule has 0 unspecified atom stereocenters. The Labute approximate surface area is 467 Å². The van der Waals surface area contributed by atoms with Crippen LogP contribution in [0.15, 0.2) is 121 Å². The number of hydrogen-bond acceptors (Lipinski definition) is 4. The number of anilines is 12. The van der Waals surface area contributed by atoms with E-state index in [-0.39, 0.29) is 6.71 Å². The molecule has 392 valence electrons. The summed E-state index contributed by atoms with van der Waals surface area (Å²) in [4.78, 5) is 10.2. The fraction of sp³-hybridized carbons (Fsp3) is 0.260. The molecular formula is C73H77BN4. The van der Waals surface area contributed by atoms with Crippen molar-refractivity contribution < 1.29 is 0 Å². The largest absolute Gasteiger partial charge is 0.311 e. The summed E-state index contributed by atoms with van der Waals surface area (Å²) in [5.41, 5.74) is 42.7. The summed E-state index contributed by atoms with van der Waals surface area (Å²) in [6.07, 6.45) is 0. The molecule has 0 fully saturated rings. The highest BCUT2D eigenvalue weighted by Crippen LogP contribution is 2.49. The Morgan fingerprint density at radius 2 is 0.577 bits per heavy atom. The molecule has 0 saturated carbocycles. The Kier molecular flexibility index (Phi) is 12.9. The molecule has 0 atom stereocenters. The lowest BCUT2D eigenvalue weighted by Gasteiger charge is -2.45. The Morgan fingerprint density at radius 1 is 0.256 bits per heavy atom.